The minimum atomic E-state index is -1.03. The Kier molecular flexibility index (Phi) is 8.00. The molecule has 0 aliphatic rings. The Bertz CT molecular complexity index is 492. The summed E-state index contributed by atoms with van der Waals surface area (Å²) >= 11 is 0. The van der Waals surface area contributed by atoms with E-state index in [1.54, 1.807) is 6.07 Å². The minimum absolute atomic E-state index is 0.00713. The molecular weight excluding hydrogens is 276 g/mol. The number of benzene rings is 1. The molecule has 0 aromatic heterocycles. The van der Waals surface area contributed by atoms with Crippen LogP contribution in [0.4, 0.5) is 0 Å². The Morgan fingerprint density at radius 3 is 1.91 bits per heavy atom. The van der Waals surface area contributed by atoms with E-state index < -0.39 is 5.97 Å². The maximum absolute atomic E-state index is 11.4. The summed E-state index contributed by atoms with van der Waals surface area (Å²) in [6.07, 6.45) is 8.92. The van der Waals surface area contributed by atoms with Crippen LogP contribution in [0.2, 0.25) is 0 Å². The predicted molar refractivity (Wildman–Crippen MR) is 90.9 cm³/mol. The highest BCUT2D eigenvalue weighted by Crippen LogP contribution is 2.33. The van der Waals surface area contributed by atoms with E-state index in [9.17, 15) is 15.0 Å². The lowest BCUT2D eigenvalue weighted by molar-refractivity contribution is 0.0693. The fourth-order valence-corrected chi connectivity index (χ4v) is 2.87. The first-order chi connectivity index (χ1) is 10.6. The van der Waals surface area contributed by atoms with Crippen molar-refractivity contribution in [3.63, 3.8) is 0 Å². The molecule has 22 heavy (non-hydrogen) atoms. The predicted octanol–water partition coefficient (Wildman–Crippen LogP) is 5.12. The average molecular weight is 306 g/mol. The highest BCUT2D eigenvalue weighted by molar-refractivity contribution is 5.92. The third kappa shape index (κ3) is 4.75. The van der Waals surface area contributed by atoms with Crippen molar-refractivity contribution in [1.29, 1.82) is 0 Å². The number of unbranched alkanes of at least 4 members (excludes halogenated alkanes) is 3. The number of hydrogen-bond donors (Lipinski definition) is 2. The van der Waals surface area contributed by atoms with Crippen LogP contribution < -0.4 is 0 Å². The van der Waals surface area contributed by atoms with Crippen molar-refractivity contribution in [3.8, 4) is 5.75 Å². The Morgan fingerprint density at radius 2 is 1.41 bits per heavy atom. The van der Waals surface area contributed by atoms with Gasteiger partial charge in [-0.2, -0.15) is 0 Å². The molecule has 1 aromatic carbocycles. The van der Waals surface area contributed by atoms with Crippen molar-refractivity contribution < 1.29 is 15.0 Å². The Labute approximate surface area is 134 Å². The SMILES string of the molecule is CCCCc1cc(C(=O)O)c(O)c(CCCC)c1CCCC. The first kappa shape index (κ1) is 18.5. The fraction of sp³-hybridized carbons (Fsp3) is 0.632. The normalized spacial score (nSPS) is 10.9. The number of aromatic hydroxyl groups is 1. The van der Waals surface area contributed by atoms with Gasteiger partial charge < -0.3 is 10.2 Å². The van der Waals surface area contributed by atoms with Gasteiger partial charge in [-0.1, -0.05) is 40.0 Å². The second-order valence-electron chi connectivity index (χ2n) is 6.00. The summed E-state index contributed by atoms with van der Waals surface area (Å²) in [7, 11) is 0. The molecule has 2 N–H and O–H groups in total. The molecule has 3 heteroatoms. The van der Waals surface area contributed by atoms with E-state index >= 15 is 0 Å². The van der Waals surface area contributed by atoms with Gasteiger partial charge in [-0.25, -0.2) is 4.79 Å². The third-order valence-corrected chi connectivity index (χ3v) is 4.20. The van der Waals surface area contributed by atoms with Crippen LogP contribution in [0, 0.1) is 0 Å². The molecule has 1 rings (SSSR count). The summed E-state index contributed by atoms with van der Waals surface area (Å²) < 4.78 is 0. The monoisotopic (exact) mass is 306 g/mol. The van der Waals surface area contributed by atoms with Gasteiger partial charge in [-0.05, 0) is 61.3 Å². The number of phenols is 1. The largest absolute Gasteiger partial charge is 0.507 e. The van der Waals surface area contributed by atoms with Crippen molar-refractivity contribution in [2.75, 3.05) is 0 Å². The van der Waals surface area contributed by atoms with Gasteiger partial charge in [-0.3, -0.25) is 0 Å². The molecule has 0 spiro atoms. The van der Waals surface area contributed by atoms with Crippen LogP contribution in [0.15, 0.2) is 6.07 Å². The average Bonchev–Trinajstić information content (AvgIpc) is 2.50. The zero-order chi connectivity index (χ0) is 16.5. The van der Waals surface area contributed by atoms with E-state index in [4.69, 9.17) is 0 Å². The lowest BCUT2D eigenvalue weighted by Crippen LogP contribution is -2.08. The van der Waals surface area contributed by atoms with Crippen LogP contribution in [0.3, 0.4) is 0 Å². The second kappa shape index (κ2) is 9.50. The van der Waals surface area contributed by atoms with Crippen LogP contribution in [0.25, 0.3) is 0 Å². The number of carboxylic acid groups (broad SMARTS) is 1. The van der Waals surface area contributed by atoms with Gasteiger partial charge in [0.1, 0.15) is 11.3 Å². The third-order valence-electron chi connectivity index (χ3n) is 4.20. The second-order valence-corrected chi connectivity index (χ2v) is 6.00. The smallest absolute Gasteiger partial charge is 0.339 e. The number of aromatic carboxylic acids is 1. The highest BCUT2D eigenvalue weighted by atomic mass is 16.4. The first-order valence-electron chi connectivity index (χ1n) is 8.66. The molecule has 1 aromatic rings. The summed E-state index contributed by atoms with van der Waals surface area (Å²) in [5.41, 5.74) is 3.27. The summed E-state index contributed by atoms with van der Waals surface area (Å²) in [4.78, 5) is 11.4. The van der Waals surface area contributed by atoms with Crippen molar-refractivity contribution in [3.05, 3.63) is 28.3 Å². The van der Waals surface area contributed by atoms with Gasteiger partial charge in [-0.15, -0.1) is 0 Å². The molecule has 0 aliphatic heterocycles. The molecule has 0 aliphatic carbocycles. The van der Waals surface area contributed by atoms with E-state index in [2.05, 4.69) is 20.8 Å². The van der Waals surface area contributed by atoms with Crippen LogP contribution >= 0.6 is 0 Å². The molecule has 0 saturated carbocycles. The number of rotatable bonds is 10. The van der Waals surface area contributed by atoms with E-state index in [1.165, 1.54) is 5.56 Å². The van der Waals surface area contributed by atoms with Crippen LogP contribution in [0.5, 0.6) is 5.75 Å². The van der Waals surface area contributed by atoms with Gasteiger partial charge in [0.05, 0.1) is 0 Å². The van der Waals surface area contributed by atoms with E-state index in [1.807, 2.05) is 0 Å². The minimum Gasteiger partial charge on any atom is -0.507 e. The molecule has 0 fully saturated rings. The quantitative estimate of drug-likeness (QED) is 0.631. The van der Waals surface area contributed by atoms with Gasteiger partial charge in [0.2, 0.25) is 0 Å². The zero-order valence-electron chi connectivity index (χ0n) is 14.2. The Morgan fingerprint density at radius 1 is 0.909 bits per heavy atom. The van der Waals surface area contributed by atoms with E-state index in [0.717, 1.165) is 68.9 Å². The summed E-state index contributed by atoms with van der Waals surface area (Å²) in [5.74, 6) is -1.04. The summed E-state index contributed by atoms with van der Waals surface area (Å²) in [6.45, 7) is 6.41. The van der Waals surface area contributed by atoms with Crippen molar-refractivity contribution in [2.45, 2.75) is 78.6 Å². The maximum Gasteiger partial charge on any atom is 0.339 e. The maximum atomic E-state index is 11.4. The van der Waals surface area contributed by atoms with E-state index in [0.29, 0.717) is 0 Å². The molecule has 0 atom stereocenters. The highest BCUT2D eigenvalue weighted by Gasteiger charge is 2.20. The molecule has 0 saturated heterocycles. The van der Waals surface area contributed by atoms with Gasteiger partial charge in [0, 0.05) is 0 Å². The van der Waals surface area contributed by atoms with E-state index in [-0.39, 0.29) is 11.3 Å². The molecule has 3 nitrogen and oxygen atoms in total. The standard InChI is InChI=1S/C19H30O3/c1-4-7-10-14-13-17(19(21)22)18(20)16(12-9-6-3)15(14)11-8-5-2/h13,20H,4-12H2,1-3H3,(H,21,22). The molecule has 0 bridgehead atoms. The zero-order valence-corrected chi connectivity index (χ0v) is 14.2. The number of carboxylic acids is 1. The van der Waals surface area contributed by atoms with Crippen molar-refractivity contribution in [1.82, 2.24) is 0 Å². The lowest BCUT2D eigenvalue weighted by atomic mass is 9.88. The van der Waals surface area contributed by atoms with Crippen molar-refractivity contribution in [2.24, 2.45) is 0 Å². The molecule has 0 amide bonds. The van der Waals surface area contributed by atoms with Crippen molar-refractivity contribution >= 4 is 5.97 Å². The summed E-state index contributed by atoms with van der Waals surface area (Å²) in [6, 6.07) is 1.70. The number of carbonyl (C=O) groups is 1. The topological polar surface area (TPSA) is 57.5 Å². The molecule has 124 valence electrons. The Balaban J connectivity index is 3.35. The van der Waals surface area contributed by atoms with Gasteiger partial charge in [0.15, 0.2) is 0 Å². The van der Waals surface area contributed by atoms with Gasteiger partial charge in [0.25, 0.3) is 0 Å². The molecule has 0 heterocycles. The lowest BCUT2D eigenvalue weighted by Gasteiger charge is -2.18. The number of aryl methyl sites for hydroxylation is 1. The van der Waals surface area contributed by atoms with Crippen LogP contribution in [-0.4, -0.2) is 16.2 Å². The Hall–Kier alpha value is -1.51. The molecule has 0 radical (unpaired) electrons. The molecular formula is C19H30O3. The first-order valence-corrected chi connectivity index (χ1v) is 8.66. The summed E-state index contributed by atoms with van der Waals surface area (Å²) in [5, 5.41) is 19.8. The molecule has 0 unspecified atom stereocenters. The van der Waals surface area contributed by atoms with Crippen LogP contribution in [0.1, 0.15) is 86.3 Å². The fourth-order valence-electron chi connectivity index (χ4n) is 2.87. The van der Waals surface area contributed by atoms with Crippen LogP contribution in [-0.2, 0) is 19.3 Å². The number of hydrogen-bond acceptors (Lipinski definition) is 2. The van der Waals surface area contributed by atoms with Gasteiger partial charge >= 0.3 is 5.97 Å².